The van der Waals surface area contributed by atoms with Gasteiger partial charge in [0.15, 0.2) is 5.69 Å². The Kier molecular flexibility index (Phi) is 3.70. The molecule has 1 atom stereocenters. The first kappa shape index (κ1) is 17.5. The number of imidazole rings is 1. The van der Waals surface area contributed by atoms with Gasteiger partial charge in [0.05, 0.1) is 35.9 Å². The van der Waals surface area contributed by atoms with Crippen LogP contribution in [0.25, 0.3) is 21.3 Å². The van der Waals surface area contributed by atoms with Gasteiger partial charge in [-0.1, -0.05) is 18.2 Å². The number of furan rings is 1. The third-order valence-electron chi connectivity index (χ3n) is 5.76. The Balaban J connectivity index is 1.49. The second kappa shape index (κ2) is 6.57. The lowest BCUT2D eigenvalue weighted by atomic mass is 9.99. The quantitative estimate of drug-likeness (QED) is 0.445. The number of para-hydroxylation sites is 1. The molecule has 31 heavy (non-hydrogen) atoms. The number of amides is 1. The number of rotatable bonds is 2. The number of hydrogen-bond donors (Lipinski definition) is 1. The van der Waals surface area contributed by atoms with E-state index in [2.05, 4.69) is 19.9 Å². The lowest BCUT2D eigenvalue weighted by Crippen LogP contribution is -2.40. The molecule has 0 aliphatic carbocycles. The summed E-state index contributed by atoms with van der Waals surface area (Å²) in [7, 11) is 0. The Labute approximate surface area is 176 Å². The highest BCUT2D eigenvalue weighted by Crippen LogP contribution is 2.37. The second-order valence-corrected chi connectivity index (χ2v) is 7.49. The molecule has 4 aromatic heterocycles. The molecule has 0 saturated heterocycles. The van der Waals surface area contributed by atoms with Crippen molar-refractivity contribution in [3.05, 3.63) is 95.3 Å². The molecule has 0 spiro atoms. The van der Waals surface area contributed by atoms with Crippen molar-refractivity contribution in [1.29, 1.82) is 0 Å². The van der Waals surface area contributed by atoms with Crippen LogP contribution in [0.2, 0.25) is 0 Å². The molecule has 150 valence electrons. The second-order valence-electron chi connectivity index (χ2n) is 7.49. The minimum atomic E-state index is -0.450. The number of aromatic nitrogens is 4. The Bertz CT molecular complexity index is 1470. The van der Waals surface area contributed by atoms with Crippen molar-refractivity contribution in [3.63, 3.8) is 0 Å². The van der Waals surface area contributed by atoms with E-state index in [-0.39, 0.29) is 5.91 Å². The zero-order valence-corrected chi connectivity index (χ0v) is 16.3. The number of fused-ring (bicyclic) bond motifs is 3. The highest BCUT2D eigenvalue weighted by molar-refractivity contribution is 6.01. The van der Waals surface area contributed by atoms with E-state index in [1.165, 1.54) is 0 Å². The largest absolute Gasteiger partial charge is 0.458 e. The van der Waals surface area contributed by atoms with Gasteiger partial charge in [0.2, 0.25) is 0 Å². The van der Waals surface area contributed by atoms with Crippen molar-refractivity contribution in [2.24, 2.45) is 0 Å². The van der Waals surface area contributed by atoms with Gasteiger partial charge in [-0.25, -0.2) is 14.3 Å². The number of hydrogen-bond acceptors (Lipinski definition) is 4. The van der Waals surface area contributed by atoms with Gasteiger partial charge in [-0.05, 0) is 24.3 Å². The first-order valence-corrected chi connectivity index (χ1v) is 9.89. The molecule has 0 radical (unpaired) electrons. The van der Waals surface area contributed by atoms with Gasteiger partial charge in [0.25, 0.3) is 5.91 Å². The molecule has 8 heteroatoms. The van der Waals surface area contributed by atoms with E-state index in [1.807, 2.05) is 30.3 Å². The Morgan fingerprint density at radius 2 is 2.16 bits per heavy atom. The minimum Gasteiger partial charge on any atom is -0.458 e. The molecule has 1 aromatic carbocycles. The molecule has 5 heterocycles. The number of pyridine rings is 1. The van der Waals surface area contributed by atoms with E-state index in [4.69, 9.17) is 11.0 Å². The van der Waals surface area contributed by atoms with Crippen LogP contribution in [-0.2, 0) is 6.42 Å². The van der Waals surface area contributed by atoms with E-state index >= 15 is 0 Å². The first-order chi connectivity index (χ1) is 15.2. The van der Waals surface area contributed by atoms with Gasteiger partial charge in [0.1, 0.15) is 17.4 Å². The summed E-state index contributed by atoms with van der Waals surface area (Å²) in [5.74, 6) is 0.497. The van der Waals surface area contributed by atoms with Crippen LogP contribution in [0.3, 0.4) is 0 Å². The first-order valence-electron chi connectivity index (χ1n) is 9.89. The zero-order chi connectivity index (χ0) is 20.9. The van der Waals surface area contributed by atoms with Crippen molar-refractivity contribution in [1.82, 2.24) is 24.5 Å². The Morgan fingerprint density at radius 3 is 3.03 bits per heavy atom. The lowest BCUT2D eigenvalue weighted by molar-refractivity contribution is 0.0675. The van der Waals surface area contributed by atoms with E-state index in [0.717, 1.165) is 22.4 Å². The summed E-state index contributed by atoms with van der Waals surface area (Å²) in [6.07, 6.45) is 5.58. The average molecular weight is 408 g/mol. The maximum absolute atomic E-state index is 13.7. The van der Waals surface area contributed by atoms with Crippen molar-refractivity contribution >= 4 is 28.1 Å². The molecule has 1 aliphatic heterocycles. The van der Waals surface area contributed by atoms with Crippen LogP contribution in [0.5, 0.6) is 0 Å². The lowest BCUT2D eigenvalue weighted by Gasteiger charge is -2.33. The number of nitrogens with zero attached hydrogens (tertiary/aromatic N) is 5. The van der Waals surface area contributed by atoms with Gasteiger partial charge in [-0.3, -0.25) is 4.79 Å². The summed E-state index contributed by atoms with van der Waals surface area (Å²) in [5.41, 5.74) is 4.08. The van der Waals surface area contributed by atoms with E-state index in [9.17, 15) is 4.79 Å². The maximum atomic E-state index is 13.7. The summed E-state index contributed by atoms with van der Waals surface area (Å²) in [5, 5.41) is 5.27. The topological polar surface area (TPSA) is 83.8 Å². The van der Waals surface area contributed by atoms with Crippen molar-refractivity contribution in [3.8, 4) is 0 Å². The molecule has 0 bridgehead atoms. The number of aromatic amines is 1. The SMILES string of the molecule is [C-]#[N+]c1ccn2ncc(C(=O)N3CCc4[nH]cnc4[C@H]3c3cc4ccccc4o3)c2c1. The van der Waals surface area contributed by atoms with Gasteiger partial charge < -0.3 is 14.3 Å². The molecular weight excluding hydrogens is 392 g/mol. The van der Waals surface area contributed by atoms with Crippen LogP contribution >= 0.6 is 0 Å². The fraction of sp³-hybridized carbons (Fsp3) is 0.130. The average Bonchev–Trinajstić information content (AvgIpc) is 3.54. The number of nitrogens with one attached hydrogen (secondary N) is 1. The van der Waals surface area contributed by atoms with Crippen molar-refractivity contribution in [2.75, 3.05) is 6.54 Å². The van der Waals surface area contributed by atoms with Crippen LogP contribution in [0.15, 0.2) is 65.6 Å². The van der Waals surface area contributed by atoms with Gasteiger partial charge >= 0.3 is 0 Å². The number of benzene rings is 1. The molecule has 6 rings (SSSR count). The molecule has 5 aromatic rings. The normalized spacial score (nSPS) is 15.8. The Hall–Kier alpha value is -4.38. The highest BCUT2D eigenvalue weighted by Gasteiger charge is 2.37. The molecular formula is C23H16N6O2. The number of H-pyrrole nitrogens is 1. The fourth-order valence-electron chi connectivity index (χ4n) is 4.28. The summed E-state index contributed by atoms with van der Waals surface area (Å²) < 4.78 is 7.76. The molecule has 0 unspecified atom stereocenters. The maximum Gasteiger partial charge on any atom is 0.258 e. The molecule has 8 nitrogen and oxygen atoms in total. The van der Waals surface area contributed by atoms with Gasteiger partial charge in [0, 0.05) is 30.2 Å². The molecule has 1 aliphatic rings. The zero-order valence-electron chi connectivity index (χ0n) is 16.3. The van der Waals surface area contributed by atoms with Crippen molar-refractivity contribution in [2.45, 2.75) is 12.5 Å². The smallest absolute Gasteiger partial charge is 0.258 e. The summed E-state index contributed by atoms with van der Waals surface area (Å²) in [6.45, 7) is 7.79. The molecule has 1 N–H and O–H groups in total. The Morgan fingerprint density at radius 1 is 1.26 bits per heavy atom. The van der Waals surface area contributed by atoms with Crippen molar-refractivity contribution < 1.29 is 9.21 Å². The molecule has 0 fully saturated rings. The summed E-state index contributed by atoms with van der Waals surface area (Å²) in [6, 6.07) is 12.7. The van der Waals surface area contributed by atoms with Crippen LogP contribution in [0.4, 0.5) is 5.69 Å². The van der Waals surface area contributed by atoms with E-state index in [0.29, 0.717) is 35.5 Å². The summed E-state index contributed by atoms with van der Waals surface area (Å²) >= 11 is 0. The number of carbonyl (C=O) groups excluding carboxylic acids is 1. The van der Waals surface area contributed by atoms with Crippen LogP contribution in [0, 0.1) is 6.57 Å². The minimum absolute atomic E-state index is 0.170. The monoisotopic (exact) mass is 408 g/mol. The van der Waals surface area contributed by atoms with Gasteiger partial charge in [-0.15, -0.1) is 0 Å². The fourth-order valence-corrected chi connectivity index (χ4v) is 4.28. The predicted molar refractivity (Wildman–Crippen MR) is 113 cm³/mol. The molecule has 0 saturated carbocycles. The standard InChI is InChI=1S/C23H16N6O2/c1-24-15-6-9-29-18(11-15)16(12-27-29)23(30)28-8-7-17-21(26-13-25-17)22(28)20-10-14-4-2-3-5-19(14)31-20/h2-6,9-13,22H,7-8H2,(H,25,26)/t22-/m1/s1. The third-order valence-corrected chi connectivity index (χ3v) is 5.76. The van der Waals surface area contributed by atoms with E-state index < -0.39 is 6.04 Å². The van der Waals surface area contributed by atoms with Crippen LogP contribution in [-0.4, -0.2) is 36.9 Å². The predicted octanol–water partition coefficient (Wildman–Crippen LogP) is 4.14. The van der Waals surface area contributed by atoms with Crippen LogP contribution < -0.4 is 0 Å². The summed E-state index contributed by atoms with van der Waals surface area (Å²) in [4.78, 5) is 26.7. The molecule has 1 amide bonds. The number of carbonyl (C=O) groups is 1. The van der Waals surface area contributed by atoms with Gasteiger partial charge in [-0.2, -0.15) is 5.10 Å². The van der Waals surface area contributed by atoms with E-state index in [1.54, 1.807) is 40.3 Å². The highest BCUT2D eigenvalue weighted by atomic mass is 16.3. The third kappa shape index (κ3) is 2.64. The van der Waals surface area contributed by atoms with Crippen LogP contribution in [0.1, 0.15) is 33.5 Å².